The van der Waals surface area contributed by atoms with Crippen molar-refractivity contribution in [1.29, 1.82) is 0 Å². The van der Waals surface area contributed by atoms with Gasteiger partial charge in [0.05, 0.1) is 18.3 Å². The Bertz CT molecular complexity index is 852. The van der Waals surface area contributed by atoms with Gasteiger partial charge in [-0.15, -0.1) is 0 Å². The number of nitrogen functional groups attached to an aromatic ring is 1. The largest absolute Gasteiger partial charge is 0.368 e. The van der Waals surface area contributed by atoms with E-state index in [0.29, 0.717) is 11.6 Å². The van der Waals surface area contributed by atoms with E-state index in [0.717, 1.165) is 55.7 Å². The van der Waals surface area contributed by atoms with Gasteiger partial charge < -0.3 is 10.6 Å². The first-order valence-corrected chi connectivity index (χ1v) is 10.4. The Morgan fingerprint density at radius 2 is 1.96 bits per heavy atom. The van der Waals surface area contributed by atoms with Crippen LogP contribution in [0.15, 0.2) is 30.5 Å². The van der Waals surface area contributed by atoms with Crippen molar-refractivity contribution in [2.24, 2.45) is 0 Å². The normalized spacial score (nSPS) is 20.5. The number of nitrogens with zero attached hydrogens (tertiary/aromatic N) is 4. The van der Waals surface area contributed by atoms with Gasteiger partial charge in [-0.1, -0.05) is 23.7 Å². The Hall–Kier alpha value is -2.18. The van der Waals surface area contributed by atoms with Crippen LogP contribution in [0, 0.1) is 0 Å². The van der Waals surface area contributed by atoms with Crippen LogP contribution in [0.2, 0.25) is 5.02 Å². The predicted octanol–water partition coefficient (Wildman–Crippen LogP) is 3.53. The van der Waals surface area contributed by atoms with Gasteiger partial charge in [0.1, 0.15) is 0 Å². The molecule has 2 fully saturated rings. The molecule has 0 saturated carbocycles. The number of nitrogens with two attached hydrogens (primary N) is 1. The molecule has 1 atom stereocenters. The second kappa shape index (κ2) is 8.45. The van der Waals surface area contributed by atoms with Gasteiger partial charge >= 0.3 is 0 Å². The molecule has 7 heteroatoms. The van der Waals surface area contributed by atoms with Crippen LogP contribution in [0.3, 0.4) is 0 Å². The van der Waals surface area contributed by atoms with Crippen molar-refractivity contribution in [1.82, 2.24) is 19.8 Å². The van der Waals surface area contributed by atoms with Gasteiger partial charge in [0, 0.05) is 23.3 Å². The molecule has 0 spiro atoms. The van der Waals surface area contributed by atoms with E-state index in [1.165, 1.54) is 12.8 Å². The minimum atomic E-state index is -0.0804. The van der Waals surface area contributed by atoms with Crippen LogP contribution >= 0.6 is 11.6 Å². The predicted molar refractivity (Wildman–Crippen MR) is 111 cm³/mol. The molecule has 2 aromatic rings. The highest BCUT2D eigenvalue weighted by Gasteiger charge is 2.32. The molecule has 2 N–H and O–H groups in total. The first-order chi connectivity index (χ1) is 13.6. The summed E-state index contributed by atoms with van der Waals surface area (Å²) in [4.78, 5) is 26.2. The van der Waals surface area contributed by atoms with Gasteiger partial charge in [-0.2, -0.15) is 0 Å². The van der Waals surface area contributed by atoms with Crippen molar-refractivity contribution >= 4 is 23.5 Å². The van der Waals surface area contributed by atoms with E-state index in [2.05, 4.69) is 14.9 Å². The molecule has 2 aliphatic heterocycles. The van der Waals surface area contributed by atoms with Crippen molar-refractivity contribution in [2.45, 2.75) is 38.1 Å². The number of anilines is 1. The zero-order chi connectivity index (χ0) is 19.5. The minimum Gasteiger partial charge on any atom is -0.368 e. The van der Waals surface area contributed by atoms with Crippen molar-refractivity contribution < 1.29 is 4.79 Å². The SMILES string of the molecule is Nc1ncc(-c2cccc(Cl)c2)c([C@@H]2CCCCN2C(=O)CN2CCCC2)n1. The molecule has 4 rings (SSSR count). The summed E-state index contributed by atoms with van der Waals surface area (Å²) >= 11 is 6.20. The summed E-state index contributed by atoms with van der Waals surface area (Å²) in [6.45, 7) is 3.27. The molecule has 1 aromatic heterocycles. The maximum atomic E-state index is 13.1. The Morgan fingerprint density at radius 1 is 1.18 bits per heavy atom. The standard InChI is InChI=1S/C21H26ClN5O/c22-16-7-5-6-15(12-16)17-13-24-21(23)25-20(17)18-8-1-2-11-27(18)19(28)14-26-9-3-4-10-26/h5-7,12-13,18H,1-4,8-11,14H2,(H2,23,24,25)/t18-/m0/s1. The number of hydrogen-bond donors (Lipinski definition) is 1. The highest BCUT2D eigenvalue weighted by atomic mass is 35.5. The minimum absolute atomic E-state index is 0.0804. The summed E-state index contributed by atoms with van der Waals surface area (Å²) in [7, 11) is 0. The smallest absolute Gasteiger partial charge is 0.237 e. The van der Waals surface area contributed by atoms with E-state index in [9.17, 15) is 4.79 Å². The molecule has 1 amide bonds. The number of carbonyl (C=O) groups excluding carboxylic acids is 1. The average Bonchev–Trinajstić information content (AvgIpc) is 3.21. The third kappa shape index (κ3) is 4.13. The van der Waals surface area contributed by atoms with E-state index in [4.69, 9.17) is 17.3 Å². The third-order valence-corrected chi connectivity index (χ3v) is 5.90. The zero-order valence-electron chi connectivity index (χ0n) is 16.0. The lowest BCUT2D eigenvalue weighted by Crippen LogP contribution is -2.44. The van der Waals surface area contributed by atoms with E-state index in [1.807, 2.05) is 29.2 Å². The summed E-state index contributed by atoms with van der Waals surface area (Å²) in [5.41, 5.74) is 8.59. The van der Waals surface area contributed by atoms with Crippen molar-refractivity contribution in [3.8, 4) is 11.1 Å². The third-order valence-electron chi connectivity index (χ3n) is 5.67. The number of benzene rings is 1. The fourth-order valence-electron chi connectivity index (χ4n) is 4.28. The molecule has 6 nitrogen and oxygen atoms in total. The Morgan fingerprint density at radius 3 is 2.75 bits per heavy atom. The highest BCUT2D eigenvalue weighted by Crippen LogP contribution is 2.36. The Balaban J connectivity index is 1.67. The lowest BCUT2D eigenvalue weighted by molar-refractivity contribution is -0.136. The van der Waals surface area contributed by atoms with Gasteiger partial charge in [-0.3, -0.25) is 9.69 Å². The monoisotopic (exact) mass is 399 g/mol. The van der Waals surface area contributed by atoms with Crippen molar-refractivity contribution in [3.05, 3.63) is 41.2 Å². The highest BCUT2D eigenvalue weighted by molar-refractivity contribution is 6.30. The Labute approximate surface area is 170 Å². The molecule has 148 valence electrons. The number of piperidine rings is 1. The second-order valence-corrected chi connectivity index (χ2v) is 8.06. The van der Waals surface area contributed by atoms with Crippen molar-refractivity contribution in [2.75, 3.05) is 31.9 Å². The van der Waals surface area contributed by atoms with Gasteiger partial charge in [0.25, 0.3) is 0 Å². The quantitative estimate of drug-likeness (QED) is 0.851. The maximum absolute atomic E-state index is 13.1. The zero-order valence-corrected chi connectivity index (χ0v) is 16.7. The maximum Gasteiger partial charge on any atom is 0.237 e. The second-order valence-electron chi connectivity index (χ2n) is 7.62. The molecule has 1 aromatic carbocycles. The van der Waals surface area contributed by atoms with E-state index in [-0.39, 0.29) is 17.9 Å². The lowest BCUT2D eigenvalue weighted by Gasteiger charge is -2.37. The lowest BCUT2D eigenvalue weighted by atomic mass is 9.93. The fraction of sp³-hybridized carbons (Fsp3) is 0.476. The number of hydrogen-bond acceptors (Lipinski definition) is 5. The summed E-state index contributed by atoms with van der Waals surface area (Å²) in [6.07, 6.45) is 7.08. The number of aromatic nitrogens is 2. The average molecular weight is 400 g/mol. The summed E-state index contributed by atoms with van der Waals surface area (Å²) in [5, 5.41) is 0.658. The van der Waals surface area contributed by atoms with Gasteiger partial charge in [-0.25, -0.2) is 9.97 Å². The molecule has 0 unspecified atom stereocenters. The molecule has 28 heavy (non-hydrogen) atoms. The van der Waals surface area contributed by atoms with Crippen LogP contribution in [0.25, 0.3) is 11.1 Å². The molecule has 2 saturated heterocycles. The van der Waals surface area contributed by atoms with Crippen LogP contribution in [-0.4, -0.2) is 51.9 Å². The van der Waals surface area contributed by atoms with Crippen LogP contribution < -0.4 is 5.73 Å². The number of carbonyl (C=O) groups is 1. The van der Waals surface area contributed by atoms with Gasteiger partial charge in [-0.05, 0) is 62.9 Å². The van der Waals surface area contributed by atoms with E-state index >= 15 is 0 Å². The summed E-state index contributed by atoms with van der Waals surface area (Å²) in [6, 6.07) is 7.57. The number of likely N-dealkylation sites (tertiary alicyclic amines) is 2. The molecule has 2 aliphatic rings. The topological polar surface area (TPSA) is 75.3 Å². The Kier molecular flexibility index (Phi) is 5.78. The van der Waals surface area contributed by atoms with Crippen LogP contribution in [0.4, 0.5) is 5.95 Å². The number of halogens is 1. The summed E-state index contributed by atoms with van der Waals surface area (Å²) < 4.78 is 0. The van der Waals surface area contributed by atoms with E-state index in [1.54, 1.807) is 6.20 Å². The van der Waals surface area contributed by atoms with Crippen molar-refractivity contribution in [3.63, 3.8) is 0 Å². The number of amides is 1. The van der Waals surface area contributed by atoms with Gasteiger partial charge in [0.15, 0.2) is 0 Å². The first-order valence-electron chi connectivity index (χ1n) is 10.0. The number of rotatable bonds is 4. The summed E-state index contributed by atoms with van der Waals surface area (Å²) in [5.74, 6) is 0.416. The van der Waals surface area contributed by atoms with Gasteiger partial charge in [0.2, 0.25) is 11.9 Å². The van der Waals surface area contributed by atoms with Crippen LogP contribution in [0.5, 0.6) is 0 Å². The van der Waals surface area contributed by atoms with Crippen LogP contribution in [0.1, 0.15) is 43.8 Å². The molecule has 0 bridgehead atoms. The van der Waals surface area contributed by atoms with Crippen LogP contribution in [-0.2, 0) is 4.79 Å². The molecule has 0 radical (unpaired) electrons. The molecular formula is C21H26ClN5O. The molecule has 0 aliphatic carbocycles. The fourth-order valence-corrected chi connectivity index (χ4v) is 4.47. The molecular weight excluding hydrogens is 374 g/mol. The van der Waals surface area contributed by atoms with E-state index < -0.39 is 0 Å². The molecule has 3 heterocycles. The first kappa shape index (κ1) is 19.2.